The maximum atomic E-state index is 12.3. The van der Waals surface area contributed by atoms with Crippen LogP contribution in [-0.2, 0) is 6.42 Å². The monoisotopic (exact) mass is 330 g/mol. The lowest BCUT2D eigenvalue weighted by Gasteiger charge is -2.03. The van der Waals surface area contributed by atoms with Gasteiger partial charge in [-0.15, -0.1) is 11.3 Å². The third-order valence-electron chi connectivity index (χ3n) is 3.08. The first kappa shape index (κ1) is 12.6. The lowest BCUT2D eigenvalue weighted by molar-refractivity contribution is 0.0994. The van der Waals surface area contributed by atoms with Crippen molar-refractivity contribution in [2.24, 2.45) is 0 Å². The highest BCUT2D eigenvalue weighted by molar-refractivity contribution is 9.10. The second kappa shape index (κ2) is 5.27. The summed E-state index contributed by atoms with van der Waals surface area (Å²) in [4.78, 5) is 13.4. The second-order valence-corrected chi connectivity index (χ2v) is 6.21. The Morgan fingerprint density at radius 1 is 1.05 bits per heavy atom. The van der Waals surface area contributed by atoms with Crippen molar-refractivity contribution in [2.45, 2.75) is 6.42 Å². The minimum atomic E-state index is 0.161. The fourth-order valence-electron chi connectivity index (χ4n) is 2.06. The average molecular weight is 331 g/mol. The average Bonchev–Trinajstić information content (AvgIpc) is 2.84. The molecule has 3 rings (SSSR count). The molecule has 0 aliphatic rings. The third kappa shape index (κ3) is 2.62. The van der Waals surface area contributed by atoms with Gasteiger partial charge in [-0.25, -0.2) is 0 Å². The van der Waals surface area contributed by atoms with Gasteiger partial charge in [-0.2, -0.15) is 0 Å². The van der Waals surface area contributed by atoms with E-state index in [1.807, 2.05) is 47.8 Å². The van der Waals surface area contributed by atoms with E-state index in [9.17, 15) is 4.79 Å². The van der Waals surface area contributed by atoms with Crippen LogP contribution >= 0.6 is 27.3 Å². The van der Waals surface area contributed by atoms with E-state index in [0.717, 1.165) is 25.7 Å². The van der Waals surface area contributed by atoms with Crippen LogP contribution in [0.1, 0.15) is 15.2 Å². The van der Waals surface area contributed by atoms with Crippen LogP contribution in [0.25, 0.3) is 10.8 Å². The third-order valence-corrected chi connectivity index (χ3v) is 5.01. The summed E-state index contributed by atoms with van der Waals surface area (Å²) >= 11 is 5.07. The van der Waals surface area contributed by atoms with Crippen LogP contribution < -0.4 is 0 Å². The molecule has 0 amide bonds. The molecule has 2 aromatic carbocycles. The van der Waals surface area contributed by atoms with E-state index in [2.05, 4.69) is 22.0 Å². The predicted octanol–water partition coefficient (Wildman–Crippen LogP) is 5.09. The van der Waals surface area contributed by atoms with Crippen molar-refractivity contribution in [3.05, 3.63) is 68.8 Å². The molecule has 0 unspecified atom stereocenters. The van der Waals surface area contributed by atoms with Crippen molar-refractivity contribution in [3.63, 3.8) is 0 Å². The normalized spacial score (nSPS) is 10.8. The van der Waals surface area contributed by atoms with Crippen molar-refractivity contribution in [1.82, 2.24) is 0 Å². The van der Waals surface area contributed by atoms with Gasteiger partial charge >= 0.3 is 0 Å². The number of hydrogen-bond donors (Lipinski definition) is 0. The molecular weight excluding hydrogens is 320 g/mol. The Hall–Kier alpha value is -1.45. The summed E-state index contributed by atoms with van der Waals surface area (Å²) in [5.74, 6) is 0.161. The Morgan fingerprint density at radius 2 is 1.84 bits per heavy atom. The minimum absolute atomic E-state index is 0.161. The van der Waals surface area contributed by atoms with Crippen molar-refractivity contribution >= 4 is 43.8 Å². The van der Waals surface area contributed by atoms with Crippen LogP contribution in [0.3, 0.4) is 0 Å². The molecule has 0 atom stereocenters. The molecule has 0 aliphatic carbocycles. The molecule has 1 nitrogen and oxygen atoms in total. The molecule has 0 spiro atoms. The summed E-state index contributed by atoms with van der Waals surface area (Å²) in [6.07, 6.45) is 0.455. The largest absolute Gasteiger partial charge is 0.294 e. The number of carbonyl (C=O) groups excluding carboxylic acids is 1. The quantitative estimate of drug-likeness (QED) is 0.611. The summed E-state index contributed by atoms with van der Waals surface area (Å²) in [7, 11) is 0. The molecule has 0 saturated heterocycles. The van der Waals surface area contributed by atoms with Gasteiger partial charge in [0.15, 0.2) is 5.78 Å². The number of carbonyl (C=O) groups is 1. The molecule has 19 heavy (non-hydrogen) atoms. The maximum absolute atomic E-state index is 12.3. The summed E-state index contributed by atoms with van der Waals surface area (Å²) in [6, 6.07) is 16.0. The summed E-state index contributed by atoms with van der Waals surface area (Å²) in [6.45, 7) is 0. The highest BCUT2D eigenvalue weighted by Gasteiger charge is 2.10. The number of rotatable bonds is 3. The predicted molar refractivity (Wildman–Crippen MR) is 84.0 cm³/mol. The van der Waals surface area contributed by atoms with E-state index < -0.39 is 0 Å². The van der Waals surface area contributed by atoms with E-state index in [0.29, 0.717) is 6.42 Å². The number of thiophene rings is 1. The molecule has 0 N–H and O–H groups in total. The zero-order chi connectivity index (χ0) is 13.2. The molecule has 94 valence electrons. The highest BCUT2D eigenvalue weighted by atomic mass is 79.9. The zero-order valence-corrected chi connectivity index (χ0v) is 12.5. The number of Topliss-reactive ketones (excluding diaryl/α,β-unsaturated/α-hetero) is 1. The molecule has 0 saturated carbocycles. The van der Waals surface area contributed by atoms with Gasteiger partial charge in [0.1, 0.15) is 0 Å². The van der Waals surface area contributed by atoms with Crippen LogP contribution in [0.2, 0.25) is 0 Å². The molecule has 0 radical (unpaired) electrons. The van der Waals surface area contributed by atoms with E-state index in [-0.39, 0.29) is 5.78 Å². The number of benzene rings is 2. The lowest BCUT2D eigenvalue weighted by Crippen LogP contribution is -2.02. The van der Waals surface area contributed by atoms with Crippen molar-refractivity contribution < 1.29 is 4.79 Å². The second-order valence-electron chi connectivity index (χ2n) is 4.35. The zero-order valence-electron chi connectivity index (χ0n) is 10.1. The van der Waals surface area contributed by atoms with Crippen molar-refractivity contribution in [1.29, 1.82) is 0 Å². The highest BCUT2D eigenvalue weighted by Crippen LogP contribution is 2.25. The SMILES string of the molecule is O=C(Cc1sccc1Br)c1ccc2ccccc2c1. The lowest BCUT2D eigenvalue weighted by atomic mass is 10.0. The van der Waals surface area contributed by atoms with Crippen LogP contribution in [0.5, 0.6) is 0 Å². The Bertz CT molecular complexity index is 745. The number of ketones is 1. The van der Waals surface area contributed by atoms with Crippen LogP contribution in [0.4, 0.5) is 0 Å². The van der Waals surface area contributed by atoms with Gasteiger partial charge in [-0.3, -0.25) is 4.79 Å². The molecule has 0 bridgehead atoms. The maximum Gasteiger partial charge on any atom is 0.168 e. The number of hydrogen-bond acceptors (Lipinski definition) is 2. The minimum Gasteiger partial charge on any atom is -0.294 e. The van der Waals surface area contributed by atoms with Gasteiger partial charge in [0.2, 0.25) is 0 Å². The van der Waals surface area contributed by atoms with Crippen LogP contribution in [0, 0.1) is 0 Å². The fourth-order valence-corrected chi connectivity index (χ4v) is 3.55. The first-order valence-corrected chi connectivity index (χ1v) is 7.65. The fraction of sp³-hybridized carbons (Fsp3) is 0.0625. The molecule has 0 aliphatic heterocycles. The number of fused-ring (bicyclic) bond motifs is 1. The topological polar surface area (TPSA) is 17.1 Å². The first-order valence-electron chi connectivity index (χ1n) is 5.98. The molecule has 3 heteroatoms. The van der Waals surface area contributed by atoms with E-state index in [1.54, 1.807) is 11.3 Å². The van der Waals surface area contributed by atoms with E-state index in [1.165, 1.54) is 0 Å². The smallest absolute Gasteiger partial charge is 0.168 e. The van der Waals surface area contributed by atoms with Gasteiger partial charge in [0.25, 0.3) is 0 Å². The summed E-state index contributed by atoms with van der Waals surface area (Å²) in [5, 5.41) is 4.27. The van der Waals surface area contributed by atoms with Crippen LogP contribution in [0.15, 0.2) is 58.4 Å². The Labute approximate surface area is 124 Å². The van der Waals surface area contributed by atoms with Gasteiger partial charge in [0.05, 0.1) is 0 Å². The van der Waals surface area contributed by atoms with Gasteiger partial charge in [0, 0.05) is 21.3 Å². The Balaban J connectivity index is 1.91. The van der Waals surface area contributed by atoms with Gasteiger partial charge in [-0.05, 0) is 44.2 Å². The molecule has 3 aromatic rings. The van der Waals surface area contributed by atoms with Crippen molar-refractivity contribution in [3.8, 4) is 0 Å². The van der Waals surface area contributed by atoms with Gasteiger partial charge < -0.3 is 0 Å². The first-order chi connectivity index (χ1) is 9.24. The standard InChI is InChI=1S/C16H11BrOS/c17-14-7-8-19-16(14)10-15(18)13-6-5-11-3-1-2-4-12(11)9-13/h1-9H,10H2. The molecular formula is C16H11BrOS. The van der Waals surface area contributed by atoms with Crippen LogP contribution in [-0.4, -0.2) is 5.78 Å². The molecule has 1 heterocycles. The Morgan fingerprint density at radius 3 is 2.58 bits per heavy atom. The Kier molecular flexibility index (Phi) is 3.49. The number of halogens is 1. The molecule has 1 aromatic heterocycles. The van der Waals surface area contributed by atoms with Crippen molar-refractivity contribution in [2.75, 3.05) is 0 Å². The van der Waals surface area contributed by atoms with E-state index >= 15 is 0 Å². The molecule has 0 fully saturated rings. The van der Waals surface area contributed by atoms with Gasteiger partial charge in [-0.1, -0.05) is 36.4 Å². The van der Waals surface area contributed by atoms with E-state index in [4.69, 9.17) is 0 Å². The summed E-state index contributed by atoms with van der Waals surface area (Å²) < 4.78 is 1.02. The summed E-state index contributed by atoms with van der Waals surface area (Å²) in [5.41, 5.74) is 0.777.